The van der Waals surface area contributed by atoms with Gasteiger partial charge in [0, 0.05) is 17.6 Å². The van der Waals surface area contributed by atoms with Crippen molar-refractivity contribution in [3.05, 3.63) is 29.3 Å². The molecule has 24 heavy (non-hydrogen) atoms. The van der Waals surface area contributed by atoms with E-state index >= 15 is 0 Å². The van der Waals surface area contributed by atoms with E-state index in [9.17, 15) is 10.2 Å². The number of benzene rings is 1. The van der Waals surface area contributed by atoms with Crippen molar-refractivity contribution in [2.75, 3.05) is 6.54 Å². The average Bonchev–Trinajstić information content (AvgIpc) is 2.51. The van der Waals surface area contributed by atoms with Crippen LogP contribution in [0, 0.1) is 0 Å². The first-order valence-corrected chi connectivity index (χ1v) is 8.32. The van der Waals surface area contributed by atoms with Crippen LogP contribution < -0.4 is 5.32 Å². The molecular formula is C17H32BNO5. The van der Waals surface area contributed by atoms with Gasteiger partial charge in [-0.3, -0.25) is 0 Å². The number of phenols is 1. The maximum Gasteiger partial charge on any atom is 0.451 e. The second-order valence-corrected chi connectivity index (χ2v) is 6.82. The number of hydrogen-bond acceptors (Lipinski definition) is 6. The SMILES string of the molecule is CC(C)(C)NCC(O)c1ccc(O)c(CO)c1.CCCCB(O)O. The van der Waals surface area contributed by atoms with Crippen LogP contribution >= 0.6 is 0 Å². The van der Waals surface area contributed by atoms with Crippen molar-refractivity contribution in [1.82, 2.24) is 5.32 Å². The largest absolute Gasteiger partial charge is 0.508 e. The molecule has 0 aliphatic heterocycles. The molecular weight excluding hydrogens is 309 g/mol. The number of unbranched alkanes of at least 4 members (excludes halogenated alkanes) is 1. The predicted octanol–water partition coefficient (Wildman–Crippen LogP) is 1.57. The zero-order valence-electron chi connectivity index (χ0n) is 15.2. The standard InChI is InChI=1S/C13H21NO3.C4H11BO2/c1-13(2,3)14-7-12(17)9-4-5-11(16)10(6-9)8-15;1-2-3-4-5(6)7/h4-6,12,14-17H,7-8H2,1-3H3;6-7H,2-4H2,1H3. The third-order valence-corrected chi connectivity index (χ3v) is 3.30. The van der Waals surface area contributed by atoms with E-state index in [2.05, 4.69) is 5.32 Å². The van der Waals surface area contributed by atoms with E-state index in [-0.39, 0.29) is 17.9 Å². The molecule has 0 aromatic heterocycles. The second-order valence-electron chi connectivity index (χ2n) is 6.82. The minimum atomic E-state index is -1.10. The summed E-state index contributed by atoms with van der Waals surface area (Å²) in [5.41, 5.74) is 1.05. The Balaban J connectivity index is 0.000000640. The van der Waals surface area contributed by atoms with E-state index in [4.69, 9.17) is 15.2 Å². The summed E-state index contributed by atoms with van der Waals surface area (Å²) in [5.74, 6) is 0.0484. The molecule has 0 bridgehead atoms. The molecule has 1 unspecified atom stereocenters. The molecule has 6 nitrogen and oxygen atoms in total. The van der Waals surface area contributed by atoms with Crippen molar-refractivity contribution < 1.29 is 25.4 Å². The van der Waals surface area contributed by atoms with E-state index in [1.165, 1.54) is 6.07 Å². The highest BCUT2D eigenvalue weighted by atomic mass is 16.4. The fourth-order valence-electron chi connectivity index (χ4n) is 1.85. The highest BCUT2D eigenvalue weighted by molar-refractivity contribution is 6.40. The third kappa shape index (κ3) is 10.6. The Kier molecular flexibility index (Phi) is 10.9. The molecule has 0 saturated carbocycles. The third-order valence-electron chi connectivity index (χ3n) is 3.30. The molecule has 0 heterocycles. The lowest BCUT2D eigenvalue weighted by atomic mass is 9.84. The summed E-state index contributed by atoms with van der Waals surface area (Å²) < 4.78 is 0. The van der Waals surface area contributed by atoms with Gasteiger partial charge in [0.2, 0.25) is 0 Å². The molecule has 1 atom stereocenters. The number of aliphatic hydroxyl groups is 2. The van der Waals surface area contributed by atoms with Crippen LogP contribution in [0.2, 0.25) is 6.32 Å². The normalized spacial score (nSPS) is 12.3. The summed E-state index contributed by atoms with van der Waals surface area (Å²) in [6, 6.07) is 4.76. The van der Waals surface area contributed by atoms with Gasteiger partial charge in [-0.05, 0) is 44.8 Å². The molecule has 0 aliphatic carbocycles. The first kappa shape index (κ1) is 22.9. The van der Waals surface area contributed by atoms with Crippen LogP contribution in [0.15, 0.2) is 18.2 Å². The minimum absolute atomic E-state index is 0.0484. The lowest BCUT2D eigenvalue weighted by Crippen LogP contribution is -2.38. The summed E-state index contributed by atoms with van der Waals surface area (Å²) in [4.78, 5) is 0. The quantitative estimate of drug-likeness (QED) is 0.420. The zero-order valence-corrected chi connectivity index (χ0v) is 15.2. The van der Waals surface area contributed by atoms with Gasteiger partial charge < -0.3 is 30.7 Å². The van der Waals surface area contributed by atoms with Crippen LogP contribution in [0.25, 0.3) is 0 Å². The van der Waals surface area contributed by atoms with Crippen LogP contribution in [0.1, 0.15) is 57.8 Å². The summed E-state index contributed by atoms with van der Waals surface area (Å²) >= 11 is 0. The molecule has 0 radical (unpaired) electrons. The van der Waals surface area contributed by atoms with Crippen LogP contribution in [-0.4, -0.2) is 44.6 Å². The second kappa shape index (κ2) is 11.4. The number of rotatable bonds is 7. The molecule has 1 aromatic rings. The van der Waals surface area contributed by atoms with Crippen molar-refractivity contribution in [1.29, 1.82) is 0 Å². The number of β-amino-alcohol motifs (C(OH)–C–C–N with tert-alkyl or cyclic N) is 1. The highest BCUT2D eigenvalue weighted by Gasteiger charge is 2.14. The number of nitrogens with one attached hydrogen (secondary N) is 1. The Bertz CT molecular complexity index is 463. The lowest BCUT2D eigenvalue weighted by molar-refractivity contribution is 0.163. The summed E-state index contributed by atoms with van der Waals surface area (Å²) in [7, 11) is -1.10. The van der Waals surface area contributed by atoms with E-state index < -0.39 is 13.2 Å². The Hall–Kier alpha value is -1.12. The Morgan fingerprint density at radius 3 is 2.25 bits per heavy atom. The fourth-order valence-corrected chi connectivity index (χ4v) is 1.85. The van der Waals surface area contributed by atoms with Gasteiger partial charge in [-0.1, -0.05) is 25.8 Å². The van der Waals surface area contributed by atoms with Gasteiger partial charge in [-0.15, -0.1) is 0 Å². The Morgan fingerprint density at radius 1 is 1.21 bits per heavy atom. The van der Waals surface area contributed by atoms with E-state index in [1.807, 2.05) is 27.7 Å². The average molecular weight is 341 g/mol. The van der Waals surface area contributed by atoms with Crippen LogP contribution in [-0.2, 0) is 6.61 Å². The van der Waals surface area contributed by atoms with Crippen molar-refractivity contribution in [2.24, 2.45) is 0 Å². The van der Waals surface area contributed by atoms with Crippen molar-refractivity contribution in [3.63, 3.8) is 0 Å². The van der Waals surface area contributed by atoms with Crippen LogP contribution in [0.5, 0.6) is 5.75 Å². The molecule has 138 valence electrons. The summed E-state index contributed by atoms with van der Waals surface area (Å²) in [6.07, 6.45) is 1.78. The monoisotopic (exact) mass is 341 g/mol. The molecule has 0 spiro atoms. The van der Waals surface area contributed by atoms with E-state index in [1.54, 1.807) is 12.1 Å². The first-order chi connectivity index (χ1) is 11.1. The zero-order chi connectivity index (χ0) is 18.8. The number of aromatic hydroxyl groups is 1. The Labute approximate surface area is 145 Å². The first-order valence-electron chi connectivity index (χ1n) is 8.32. The van der Waals surface area contributed by atoms with Gasteiger partial charge in [0.25, 0.3) is 0 Å². The fraction of sp³-hybridized carbons (Fsp3) is 0.647. The van der Waals surface area contributed by atoms with Crippen molar-refractivity contribution >= 4 is 7.12 Å². The number of aliphatic hydroxyl groups excluding tert-OH is 2. The maximum absolute atomic E-state index is 9.97. The molecule has 6 N–H and O–H groups in total. The smallest absolute Gasteiger partial charge is 0.451 e. The van der Waals surface area contributed by atoms with Gasteiger partial charge in [0.05, 0.1) is 12.7 Å². The van der Waals surface area contributed by atoms with Crippen LogP contribution in [0.4, 0.5) is 0 Å². The maximum atomic E-state index is 9.97. The van der Waals surface area contributed by atoms with Gasteiger partial charge in [0.15, 0.2) is 0 Å². The van der Waals surface area contributed by atoms with Gasteiger partial charge in [0.1, 0.15) is 5.75 Å². The summed E-state index contributed by atoms with van der Waals surface area (Å²) in [5, 5.41) is 48.1. The molecule has 1 rings (SSSR count). The van der Waals surface area contributed by atoms with Gasteiger partial charge in [-0.2, -0.15) is 0 Å². The molecule has 7 heteroatoms. The molecule has 1 aromatic carbocycles. The highest BCUT2D eigenvalue weighted by Crippen LogP contribution is 2.22. The van der Waals surface area contributed by atoms with Crippen molar-refractivity contribution in [3.8, 4) is 5.75 Å². The topological polar surface area (TPSA) is 113 Å². The number of hydrogen-bond donors (Lipinski definition) is 6. The van der Waals surface area contributed by atoms with Crippen LogP contribution in [0.3, 0.4) is 0 Å². The van der Waals surface area contributed by atoms with Gasteiger partial charge in [-0.25, -0.2) is 0 Å². The molecule has 0 amide bonds. The van der Waals surface area contributed by atoms with E-state index in [0.717, 1.165) is 12.8 Å². The minimum Gasteiger partial charge on any atom is -0.508 e. The molecule has 0 fully saturated rings. The molecule has 0 saturated heterocycles. The van der Waals surface area contributed by atoms with Crippen molar-refractivity contribution in [2.45, 2.75) is 65.1 Å². The Morgan fingerprint density at radius 2 is 1.83 bits per heavy atom. The lowest BCUT2D eigenvalue weighted by Gasteiger charge is -2.23. The molecule has 0 aliphatic rings. The van der Waals surface area contributed by atoms with E-state index in [0.29, 0.717) is 24.0 Å². The summed E-state index contributed by atoms with van der Waals surface area (Å²) in [6.45, 7) is 8.28. The predicted molar refractivity (Wildman–Crippen MR) is 96.7 cm³/mol. The van der Waals surface area contributed by atoms with Gasteiger partial charge >= 0.3 is 7.12 Å².